The number of aromatic nitrogens is 1. The van der Waals surface area contributed by atoms with Gasteiger partial charge in [-0.1, -0.05) is 0 Å². The summed E-state index contributed by atoms with van der Waals surface area (Å²) < 4.78 is 69.1. The van der Waals surface area contributed by atoms with E-state index in [-0.39, 0.29) is 6.61 Å². The molecule has 1 aromatic heterocycles. The molecule has 1 heterocycles. The molecule has 0 atom stereocenters. The van der Waals surface area contributed by atoms with Gasteiger partial charge in [0.05, 0.1) is 24.2 Å². The minimum atomic E-state index is -5.00. The number of carbonyl (C=O) groups excluding carboxylic acids is 1. The van der Waals surface area contributed by atoms with Crippen LogP contribution in [0.4, 0.5) is 22.0 Å². The van der Waals surface area contributed by atoms with Crippen LogP contribution in [-0.4, -0.2) is 17.6 Å². The van der Waals surface area contributed by atoms with Crippen LogP contribution in [0.1, 0.15) is 35.7 Å². The van der Waals surface area contributed by atoms with Gasteiger partial charge in [0.2, 0.25) is 0 Å². The third-order valence-electron chi connectivity index (χ3n) is 2.54. The summed E-state index contributed by atoms with van der Waals surface area (Å²) in [5.41, 5.74) is -3.73. The van der Waals surface area contributed by atoms with Crippen molar-refractivity contribution in [1.29, 1.82) is 0 Å². The van der Waals surface area contributed by atoms with Gasteiger partial charge in [-0.05, 0) is 19.4 Å². The Morgan fingerprint density at radius 3 is 2.45 bits per heavy atom. The number of alkyl halides is 5. The van der Waals surface area contributed by atoms with Gasteiger partial charge in [-0.3, -0.25) is 9.78 Å². The monoisotopic (exact) mass is 297 g/mol. The van der Waals surface area contributed by atoms with E-state index in [4.69, 9.17) is 0 Å². The van der Waals surface area contributed by atoms with Crippen molar-refractivity contribution in [2.45, 2.75) is 32.9 Å². The van der Waals surface area contributed by atoms with E-state index in [0.717, 1.165) is 13.1 Å². The summed E-state index contributed by atoms with van der Waals surface area (Å²) >= 11 is 0. The maximum absolute atomic E-state index is 13.0. The predicted octanol–water partition coefficient (Wildman–Crippen LogP) is 3.45. The number of nitrogens with zero attached hydrogens (tertiary/aromatic N) is 1. The van der Waals surface area contributed by atoms with E-state index in [2.05, 4.69) is 9.72 Å². The maximum Gasteiger partial charge on any atom is 0.417 e. The Kier molecular flexibility index (Phi) is 5.02. The third-order valence-corrected chi connectivity index (χ3v) is 2.54. The van der Waals surface area contributed by atoms with E-state index in [1.807, 2.05) is 0 Å². The molecular weight excluding hydrogens is 285 g/mol. The molecule has 3 nitrogen and oxygen atoms in total. The molecule has 0 aliphatic carbocycles. The van der Waals surface area contributed by atoms with E-state index in [9.17, 15) is 26.7 Å². The SMILES string of the molecule is CCOC(=O)Cc1cnc(C)c(C(F)F)c1C(F)(F)F. The zero-order valence-electron chi connectivity index (χ0n) is 10.7. The van der Waals surface area contributed by atoms with Crippen LogP contribution in [0.2, 0.25) is 0 Å². The molecule has 1 rings (SSSR count). The molecule has 0 saturated heterocycles. The van der Waals surface area contributed by atoms with Crippen LogP contribution in [0.3, 0.4) is 0 Å². The summed E-state index contributed by atoms with van der Waals surface area (Å²) in [6, 6.07) is 0. The number of esters is 1. The average molecular weight is 297 g/mol. The van der Waals surface area contributed by atoms with Crippen LogP contribution in [0.5, 0.6) is 0 Å². The first-order chi connectivity index (χ1) is 9.18. The van der Waals surface area contributed by atoms with Gasteiger partial charge >= 0.3 is 12.1 Å². The molecule has 0 fully saturated rings. The highest BCUT2D eigenvalue weighted by Gasteiger charge is 2.40. The van der Waals surface area contributed by atoms with E-state index >= 15 is 0 Å². The minimum absolute atomic E-state index is 0.0127. The molecular formula is C12H12F5NO2. The zero-order valence-corrected chi connectivity index (χ0v) is 10.7. The Hall–Kier alpha value is -1.73. The van der Waals surface area contributed by atoms with Crippen molar-refractivity contribution in [2.24, 2.45) is 0 Å². The predicted molar refractivity (Wildman–Crippen MR) is 59.3 cm³/mol. The van der Waals surface area contributed by atoms with Crippen molar-refractivity contribution in [3.05, 3.63) is 28.6 Å². The van der Waals surface area contributed by atoms with Gasteiger partial charge in [0.25, 0.3) is 6.43 Å². The summed E-state index contributed by atoms with van der Waals surface area (Å²) in [6.45, 7) is 2.53. The number of pyridine rings is 1. The Balaban J connectivity index is 3.38. The Labute approximate surface area is 111 Å². The molecule has 0 bridgehead atoms. The molecule has 0 saturated carbocycles. The highest BCUT2D eigenvalue weighted by Crippen LogP contribution is 2.39. The molecule has 0 aromatic carbocycles. The first-order valence-electron chi connectivity index (χ1n) is 5.67. The van der Waals surface area contributed by atoms with Crippen LogP contribution < -0.4 is 0 Å². The highest BCUT2D eigenvalue weighted by molar-refractivity contribution is 5.73. The van der Waals surface area contributed by atoms with Gasteiger partial charge in [0.15, 0.2) is 0 Å². The molecule has 0 radical (unpaired) electrons. The van der Waals surface area contributed by atoms with Crippen LogP contribution in [0, 0.1) is 6.92 Å². The Morgan fingerprint density at radius 1 is 1.40 bits per heavy atom. The third kappa shape index (κ3) is 3.64. The maximum atomic E-state index is 13.0. The number of hydrogen-bond donors (Lipinski definition) is 0. The molecule has 0 aliphatic rings. The first-order valence-corrected chi connectivity index (χ1v) is 5.67. The standard InChI is InChI=1S/C12H12F5NO2/c1-3-20-8(19)4-7-5-18-6(2)9(11(13)14)10(7)12(15,16)17/h5,11H,3-4H2,1-2H3. The Bertz CT molecular complexity index is 499. The number of hydrogen-bond acceptors (Lipinski definition) is 3. The van der Waals surface area contributed by atoms with Gasteiger partial charge in [-0.15, -0.1) is 0 Å². The number of halogens is 5. The summed E-state index contributed by atoms with van der Waals surface area (Å²) in [6.07, 6.45) is -8.31. The van der Waals surface area contributed by atoms with Crippen molar-refractivity contribution in [2.75, 3.05) is 6.61 Å². The molecule has 0 N–H and O–H groups in total. The molecule has 0 aliphatic heterocycles. The topological polar surface area (TPSA) is 39.2 Å². The van der Waals surface area contributed by atoms with Crippen LogP contribution in [0.15, 0.2) is 6.20 Å². The number of aryl methyl sites for hydroxylation is 1. The van der Waals surface area contributed by atoms with E-state index in [1.165, 1.54) is 6.92 Å². The van der Waals surface area contributed by atoms with Crippen LogP contribution >= 0.6 is 0 Å². The number of rotatable bonds is 4. The van der Waals surface area contributed by atoms with Crippen molar-refractivity contribution in [3.8, 4) is 0 Å². The smallest absolute Gasteiger partial charge is 0.417 e. The van der Waals surface area contributed by atoms with Gasteiger partial charge in [0.1, 0.15) is 0 Å². The first kappa shape index (κ1) is 16.3. The van der Waals surface area contributed by atoms with Gasteiger partial charge in [-0.25, -0.2) is 8.78 Å². The average Bonchev–Trinajstić information content (AvgIpc) is 2.29. The van der Waals surface area contributed by atoms with E-state index in [0.29, 0.717) is 0 Å². The summed E-state index contributed by atoms with van der Waals surface area (Å²) in [5.74, 6) is -0.927. The highest BCUT2D eigenvalue weighted by atomic mass is 19.4. The second-order valence-corrected chi connectivity index (χ2v) is 3.94. The molecule has 20 heavy (non-hydrogen) atoms. The van der Waals surface area contributed by atoms with E-state index < -0.39 is 47.4 Å². The lowest BCUT2D eigenvalue weighted by molar-refractivity contribution is -0.144. The minimum Gasteiger partial charge on any atom is -0.466 e. The van der Waals surface area contributed by atoms with Crippen molar-refractivity contribution in [1.82, 2.24) is 4.98 Å². The normalized spacial score (nSPS) is 11.8. The quantitative estimate of drug-likeness (QED) is 0.631. The molecule has 0 unspecified atom stereocenters. The molecule has 0 amide bonds. The molecule has 0 spiro atoms. The van der Waals surface area contributed by atoms with Crippen LogP contribution in [0.25, 0.3) is 0 Å². The summed E-state index contributed by atoms with van der Waals surface area (Å²) in [4.78, 5) is 14.8. The molecule has 1 aromatic rings. The zero-order chi connectivity index (χ0) is 15.5. The van der Waals surface area contributed by atoms with Crippen molar-refractivity contribution < 1.29 is 31.5 Å². The van der Waals surface area contributed by atoms with Gasteiger partial charge in [-0.2, -0.15) is 13.2 Å². The van der Waals surface area contributed by atoms with Crippen molar-refractivity contribution >= 4 is 5.97 Å². The van der Waals surface area contributed by atoms with Crippen molar-refractivity contribution in [3.63, 3.8) is 0 Å². The number of ether oxygens (including phenoxy) is 1. The summed E-state index contributed by atoms with van der Waals surface area (Å²) in [5, 5.41) is 0. The second kappa shape index (κ2) is 6.15. The summed E-state index contributed by atoms with van der Waals surface area (Å²) in [7, 11) is 0. The van der Waals surface area contributed by atoms with E-state index in [1.54, 1.807) is 0 Å². The fourth-order valence-electron chi connectivity index (χ4n) is 1.77. The number of carbonyl (C=O) groups is 1. The lowest BCUT2D eigenvalue weighted by Gasteiger charge is -2.18. The van der Waals surface area contributed by atoms with Crippen LogP contribution in [-0.2, 0) is 22.1 Å². The molecule has 8 heteroatoms. The fraction of sp³-hybridized carbons (Fsp3) is 0.500. The lowest BCUT2D eigenvalue weighted by atomic mass is 9.99. The van der Waals surface area contributed by atoms with Gasteiger partial charge < -0.3 is 4.74 Å². The lowest BCUT2D eigenvalue weighted by Crippen LogP contribution is -2.18. The largest absolute Gasteiger partial charge is 0.466 e. The fourth-order valence-corrected chi connectivity index (χ4v) is 1.77. The second-order valence-electron chi connectivity index (χ2n) is 3.94. The Morgan fingerprint density at radius 2 is 2.00 bits per heavy atom. The van der Waals surface area contributed by atoms with Gasteiger partial charge in [0, 0.05) is 11.9 Å². The molecule has 112 valence electrons.